The summed E-state index contributed by atoms with van der Waals surface area (Å²) in [5, 5.41) is 6.15. The monoisotopic (exact) mass is 248 g/mol. The van der Waals surface area contributed by atoms with Crippen molar-refractivity contribution in [2.45, 2.75) is 19.8 Å². The van der Waals surface area contributed by atoms with Crippen molar-refractivity contribution >= 4 is 11.6 Å². The van der Waals surface area contributed by atoms with Crippen LogP contribution in [0.1, 0.15) is 19.8 Å². The summed E-state index contributed by atoms with van der Waals surface area (Å²) in [6, 6.07) is 7.55. The molecule has 1 saturated heterocycles. The van der Waals surface area contributed by atoms with Gasteiger partial charge in [0.15, 0.2) is 0 Å². The van der Waals surface area contributed by atoms with E-state index in [1.807, 2.05) is 24.3 Å². The van der Waals surface area contributed by atoms with Gasteiger partial charge in [-0.3, -0.25) is 4.79 Å². The lowest BCUT2D eigenvalue weighted by molar-refractivity contribution is -0.114. The number of amides is 1. The molecule has 2 rings (SSSR count). The molecule has 18 heavy (non-hydrogen) atoms. The number of anilines is 1. The van der Waals surface area contributed by atoms with E-state index in [1.54, 1.807) is 0 Å². The van der Waals surface area contributed by atoms with Crippen LogP contribution >= 0.6 is 0 Å². The van der Waals surface area contributed by atoms with Crippen LogP contribution in [0.2, 0.25) is 0 Å². The Morgan fingerprint density at radius 3 is 3.06 bits per heavy atom. The number of carbonyl (C=O) groups is 1. The first-order valence-electron chi connectivity index (χ1n) is 6.46. The number of carbonyl (C=O) groups excluding carboxylic acids is 1. The average molecular weight is 248 g/mol. The molecule has 0 aromatic heterocycles. The summed E-state index contributed by atoms with van der Waals surface area (Å²) in [7, 11) is 0. The topological polar surface area (TPSA) is 50.4 Å². The van der Waals surface area contributed by atoms with Gasteiger partial charge in [0.2, 0.25) is 5.91 Å². The van der Waals surface area contributed by atoms with Crippen molar-refractivity contribution in [2.24, 2.45) is 5.92 Å². The van der Waals surface area contributed by atoms with Gasteiger partial charge < -0.3 is 15.4 Å². The zero-order chi connectivity index (χ0) is 12.8. The molecule has 1 amide bonds. The van der Waals surface area contributed by atoms with Crippen LogP contribution in [0.3, 0.4) is 0 Å². The predicted octanol–water partition coefficient (Wildman–Crippen LogP) is 2.02. The molecule has 0 saturated carbocycles. The van der Waals surface area contributed by atoms with E-state index in [-0.39, 0.29) is 5.91 Å². The van der Waals surface area contributed by atoms with E-state index in [4.69, 9.17) is 4.74 Å². The van der Waals surface area contributed by atoms with Crippen LogP contribution < -0.4 is 15.4 Å². The Morgan fingerprint density at radius 1 is 1.50 bits per heavy atom. The normalized spacial score (nSPS) is 19.3. The van der Waals surface area contributed by atoms with Crippen LogP contribution in [0, 0.1) is 5.92 Å². The number of para-hydroxylation sites is 2. The van der Waals surface area contributed by atoms with E-state index in [0.717, 1.165) is 24.5 Å². The van der Waals surface area contributed by atoms with Gasteiger partial charge in [-0.2, -0.15) is 0 Å². The van der Waals surface area contributed by atoms with Crippen molar-refractivity contribution in [3.8, 4) is 5.75 Å². The molecular formula is C14H20N2O2. The lowest BCUT2D eigenvalue weighted by Crippen LogP contribution is -2.33. The molecule has 0 spiro atoms. The van der Waals surface area contributed by atoms with Crippen molar-refractivity contribution < 1.29 is 9.53 Å². The first-order chi connectivity index (χ1) is 8.75. The molecule has 0 bridgehead atoms. The van der Waals surface area contributed by atoms with Crippen molar-refractivity contribution in [2.75, 3.05) is 25.0 Å². The molecule has 1 aliphatic rings. The third-order valence-corrected chi connectivity index (χ3v) is 3.07. The number of benzene rings is 1. The van der Waals surface area contributed by atoms with Gasteiger partial charge in [-0.15, -0.1) is 0 Å². The molecule has 1 atom stereocenters. The predicted molar refractivity (Wildman–Crippen MR) is 71.8 cm³/mol. The molecule has 1 unspecified atom stereocenters. The summed E-state index contributed by atoms with van der Waals surface area (Å²) >= 11 is 0. The number of ether oxygens (including phenoxy) is 1. The lowest BCUT2D eigenvalue weighted by atomic mass is 10.0. The number of rotatable bonds is 4. The van der Waals surface area contributed by atoms with E-state index in [0.29, 0.717) is 12.5 Å². The van der Waals surface area contributed by atoms with Crippen molar-refractivity contribution in [3.05, 3.63) is 24.3 Å². The van der Waals surface area contributed by atoms with Crippen molar-refractivity contribution in [1.29, 1.82) is 0 Å². The minimum atomic E-state index is -0.0783. The van der Waals surface area contributed by atoms with E-state index in [1.165, 1.54) is 19.8 Å². The molecule has 0 aliphatic carbocycles. The standard InChI is InChI=1S/C14H20N2O2/c1-11(17)16-13-6-2-3-7-14(13)18-10-12-5-4-8-15-9-12/h2-3,6-7,12,15H,4-5,8-10H2,1H3,(H,16,17). The maximum atomic E-state index is 11.1. The SMILES string of the molecule is CC(=O)Nc1ccccc1OCC1CCCNC1. The second-order valence-corrected chi connectivity index (χ2v) is 4.70. The van der Waals surface area contributed by atoms with E-state index < -0.39 is 0 Å². The number of piperidine rings is 1. The van der Waals surface area contributed by atoms with Gasteiger partial charge in [-0.1, -0.05) is 12.1 Å². The summed E-state index contributed by atoms with van der Waals surface area (Å²) in [6.07, 6.45) is 2.41. The van der Waals surface area contributed by atoms with Crippen LogP contribution in [0.25, 0.3) is 0 Å². The Hall–Kier alpha value is -1.55. The summed E-state index contributed by atoms with van der Waals surface area (Å²) < 4.78 is 5.82. The van der Waals surface area contributed by atoms with Gasteiger partial charge in [-0.05, 0) is 31.5 Å². The molecule has 1 fully saturated rings. The minimum absolute atomic E-state index is 0.0783. The van der Waals surface area contributed by atoms with E-state index in [2.05, 4.69) is 10.6 Å². The Morgan fingerprint density at radius 2 is 2.33 bits per heavy atom. The third kappa shape index (κ3) is 3.74. The highest BCUT2D eigenvalue weighted by molar-refractivity contribution is 5.90. The van der Waals surface area contributed by atoms with Gasteiger partial charge in [-0.25, -0.2) is 0 Å². The van der Waals surface area contributed by atoms with Crippen LogP contribution in [0.15, 0.2) is 24.3 Å². The van der Waals surface area contributed by atoms with Crippen molar-refractivity contribution in [3.63, 3.8) is 0 Å². The van der Waals surface area contributed by atoms with Gasteiger partial charge in [0.05, 0.1) is 12.3 Å². The third-order valence-electron chi connectivity index (χ3n) is 3.07. The van der Waals surface area contributed by atoms with E-state index >= 15 is 0 Å². The number of hydrogen-bond donors (Lipinski definition) is 2. The first-order valence-corrected chi connectivity index (χ1v) is 6.46. The van der Waals surface area contributed by atoms with Gasteiger partial charge in [0.25, 0.3) is 0 Å². The smallest absolute Gasteiger partial charge is 0.221 e. The fourth-order valence-electron chi connectivity index (χ4n) is 2.16. The number of nitrogens with one attached hydrogen (secondary N) is 2. The Balaban J connectivity index is 1.93. The quantitative estimate of drug-likeness (QED) is 0.857. The maximum absolute atomic E-state index is 11.1. The highest BCUT2D eigenvalue weighted by Crippen LogP contribution is 2.24. The lowest BCUT2D eigenvalue weighted by Gasteiger charge is -2.23. The molecule has 1 aromatic carbocycles. The van der Waals surface area contributed by atoms with Crippen LogP contribution in [0.5, 0.6) is 5.75 Å². The fourth-order valence-corrected chi connectivity index (χ4v) is 2.16. The van der Waals surface area contributed by atoms with Crippen LogP contribution in [0.4, 0.5) is 5.69 Å². The highest BCUT2D eigenvalue weighted by atomic mass is 16.5. The van der Waals surface area contributed by atoms with Crippen LogP contribution in [-0.4, -0.2) is 25.6 Å². The fraction of sp³-hybridized carbons (Fsp3) is 0.500. The summed E-state index contributed by atoms with van der Waals surface area (Å²) in [6.45, 7) is 4.33. The molecule has 2 N–H and O–H groups in total. The largest absolute Gasteiger partial charge is 0.491 e. The van der Waals surface area contributed by atoms with Gasteiger partial charge in [0.1, 0.15) is 5.75 Å². The first kappa shape index (κ1) is 12.9. The van der Waals surface area contributed by atoms with Crippen LogP contribution in [-0.2, 0) is 4.79 Å². The maximum Gasteiger partial charge on any atom is 0.221 e. The second kappa shape index (κ2) is 6.40. The molecule has 4 nitrogen and oxygen atoms in total. The zero-order valence-corrected chi connectivity index (χ0v) is 10.7. The van der Waals surface area contributed by atoms with Gasteiger partial charge in [0, 0.05) is 19.4 Å². The summed E-state index contributed by atoms with van der Waals surface area (Å²) in [4.78, 5) is 11.1. The molecule has 98 valence electrons. The minimum Gasteiger partial charge on any atom is -0.491 e. The summed E-state index contributed by atoms with van der Waals surface area (Å²) in [5.41, 5.74) is 0.744. The number of hydrogen-bond acceptors (Lipinski definition) is 3. The van der Waals surface area contributed by atoms with Gasteiger partial charge >= 0.3 is 0 Å². The molecular weight excluding hydrogens is 228 g/mol. The van der Waals surface area contributed by atoms with Crippen molar-refractivity contribution in [1.82, 2.24) is 5.32 Å². The Labute approximate surface area is 108 Å². The molecule has 1 heterocycles. The molecule has 0 radical (unpaired) electrons. The molecule has 4 heteroatoms. The Kier molecular flexibility index (Phi) is 4.59. The second-order valence-electron chi connectivity index (χ2n) is 4.70. The Bertz CT molecular complexity index is 401. The highest BCUT2D eigenvalue weighted by Gasteiger charge is 2.14. The summed E-state index contributed by atoms with van der Waals surface area (Å²) in [5.74, 6) is 1.23. The molecule has 1 aliphatic heterocycles. The average Bonchev–Trinajstić information content (AvgIpc) is 2.38. The van der Waals surface area contributed by atoms with E-state index in [9.17, 15) is 4.79 Å². The zero-order valence-electron chi connectivity index (χ0n) is 10.7. The molecule has 1 aromatic rings.